The molecule has 0 spiro atoms. The van der Waals surface area contributed by atoms with E-state index in [0.717, 1.165) is 35.6 Å². The number of nitrogens with zero attached hydrogens (tertiary/aromatic N) is 3. The molecule has 1 aliphatic heterocycles. The molecule has 5 nitrogen and oxygen atoms in total. The van der Waals surface area contributed by atoms with Crippen LogP contribution < -0.4 is 15.5 Å². The predicted octanol–water partition coefficient (Wildman–Crippen LogP) is 3.56. The smallest absolute Gasteiger partial charge is 0.224 e. The zero-order valence-electron chi connectivity index (χ0n) is 14.4. The molecule has 1 aromatic carbocycles. The number of nitrogens with one attached hydrogen (secondary N) is 2. The van der Waals surface area contributed by atoms with Crippen molar-refractivity contribution in [3.8, 4) is 0 Å². The molecule has 6 heteroatoms. The first kappa shape index (κ1) is 17.2. The molecule has 1 aromatic heterocycles. The van der Waals surface area contributed by atoms with E-state index in [0.29, 0.717) is 11.9 Å². The van der Waals surface area contributed by atoms with Crippen molar-refractivity contribution in [1.29, 1.82) is 0 Å². The van der Waals surface area contributed by atoms with Crippen molar-refractivity contribution in [2.75, 3.05) is 36.9 Å². The Kier molecular flexibility index (Phi) is 5.36. The fraction of sp³-hybridized carbons (Fsp3) is 0.444. The molecule has 2 heterocycles. The van der Waals surface area contributed by atoms with Gasteiger partial charge in [-0.05, 0) is 17.5 Å². The fourth-order valence-corrected chi connectivity index (χ4v) is 3.51. The summed E-state index contributed by atoms with van der Waals surface area (Å²) in [6.45, 7) is 7.08. The van der Waals surface area contributed by atoms with Crippen molar-refractivity contribution in [2.45, 2.75) is 25.8 Å². The number of halogens is 1. The molecule has 1 atom stereocenters. The van der Waals surface area contributed by atoms with Crippen LogP contribution in [-0.4, -0.2) is 36.6 Å². The topological polar surface area (TPSA) is 53.1 Å². The third-order valence-corrected chi connectivity index (χ3v) is 5.05. The van der Waals surface area contributed by atoms with Gasteiger partial charge in [0.2, 0.25) is 5.95 Å². The summed E-state index contributed by atoms with van der Waals surface area (Å²) in [7, 11) is 1.87. The van der Waals surface area contributed by atoms with Crippen molar-refractivity contribution < 1.29 is 0 Å². The van der Waals surface area contributed by atoms with Gasteiger partial charge in [-0.2, -0.15) is 4.98 Å². The van der Waals surface area contributed by atoms with Gasteiger partial charge in [0.1, 0.15) is 5.82 Å². The summed E-state index contributed by atoms with van der Waals surface area (Å²) in [5, 5.41) is 6.69. The van der Waals surface area contributed by atoms with E-state index in [1.165, 1.54) is 5.56 Å². The number of rotatable bonds is 4. The summed E-state index contributed by atoms with van der Waals surface area (Å²) < 4.78 is 1.14. The van der Waals surface area contributed by atoms with Gasteiger partial charge in [0.25, 0.3) is 0 Å². The fourth-order valence-electron chi connectivity index (χ4n) is 2.95. The molecule has 24 heavy (non-hydrogen) atoms. The lowest BCUT2D eigenvalue weighted by Crippen LogP contribution is -2.46. The van der Waals surface area contributed by atoms with E-state index in [1.807, 2.05) is 13.1 Å². The van der Waals surface area contributed by atoms with E-state index in [4.69, 9.17) is 0 Å². The molecule has 2 aromatic rings. The van der Waals surface area contributed by atoms with Crippen LogP contribution in [0.5, 0.6) is 0 Å². The maximum absolute atomic E-state index is 4.67. The molecule has 0 unspecified atom stereocenters. The van der Waals surface area contributed by atoms with Crippen molar-refractivity contribution in [3.05, 3.63) is 46.1 Å². The summed E-state index contributed by atoms with van der Waals surface area (Å²) in [5.41, 5.74) is 2.36. The van der Waals surface area contributed by atoms with Crippen molar-refractivity contribution in [3.63, 3.8) is 0 Å². The Bertz CT molecular complexity index is 704. The van der Waals surface area contributed by atoms with Crippen LogP contribution in [-0.2, 0) is 0 Å². The lowest BCUT2D eigenvalue weighted by atomic mass is 10.0. The predicted molar refractivity (Wildman–Crippen MR) is 103 cm³/mol. The molecule has 0 saturated carbocycles. The molecule has 0 aliphatic carbocycles. The Hall–Kier alpha value is -1.66. The van der Waals surface area contributed by atoms with Crippen molar-refractivity contribution in [2.24, 2.45) is 0 Å². The summed E-state index contributed by atoms with van der Waals surface area (Å²) >= 11 is 3.67. The van der Waals surface area contributed by atoms with E-state index < -0.39 is 0 Å². The molecule has 128 valence electrons. The standard InChI is InChI=1S/C18H24BrN5/c1-12(2)15-10-17(23-18(20-3)22-15)24-9-8-21-16(11-24)13-6-4-5-7-14(13)19/h4-7,10,12,16,21H,8-9,11H2,1-3H3,(H,20,22,23)/t16-/m0/s1. The maximum Gasteiger partial charge on any atom is 0.224 e. The number of hydrogen-bond donors (Lipinski definition) is 2. The van der Waals surface area contributed by atoms with Gasteiger partial charge in [0, 0.05) is 37.2 Å². The minimum absolute atomic E-state index is 0.282. The minimum Gasteiger partial charge on any atom is -0.357 e. The molecule has 0 amide bonds. The molecular formula is C18H24BrN5. The second-order valence-electron chi connectivity index (χ2n) is 6.35. The van der Waals surface area contributed by atoms with E-state index in [1.54, 1.807) is 0 Å². The summed E-state index contributed by atoms with van der Waals surface area (Å²) in [6, 6.07) is 10.8. The van der Waals surface area contributed by atoms with Crippen LogP contribution >= 0.6 is 15.9 Å². The van der Waals surface area contributed by atoms with E-state index in [9.17, 15) is 0 Å². The highest BCUT2D eigenvalue weighted by atomic mass is 79.9. The number of aromatic nitrogens is 2. The second-order valence-corrected chi connectivity index (χ2v) is 7.21. The number of anilines is 2. The van der Waals surface area contributed by atoms with Crippen LogP contribution in [0.4, 0.5) is 11.8 Å². The third-order valence-electron chi connectivity index (χ3n) is 4.33. The van der Waals surface area contributed by atoms with Crippen LogP contribution in [0.15, 0.2) is 34.8 Å². The van der Waals surface area contributed by atoms with Gasteiger partial charge >= 0.3 is 0 Å². The van der Waals surface area contributed by atoms with E-state index in [-0.39, 0.29) is 6.04 Å². The average molecular weight is 390 g/mol. The quantitative estimate of drug-likeness (QED) is 0.836. The average Bonchev–Trinajstić information content (AvgIpc) is 2.61. The van der Waals surface area contributed by atoms with Crippen LogP contribution in [0, 0.1) is 0 Å². The molecule has 1 fully saturated rings. The Balaban J connectivity index is 1.87. The Morgan fingerprint density at radius 1 is 1.29 bits per heavy atom. The summed E-state index contributed by atoms with van der Waals surface area (Å²) in [4.78, 5) is 11.6. The molecule has 0 radical (unpaired) electrons. The molecular weight excluding hydrogens is 366 g/mol. The van der Waals surface area contributed by atoms with E-state index in [2.05, 4.69) is 79.5 Å². The largest absolute Gasteiger partial charge is 0.357 e. The Labute approximate surface area is 152 Å². The second kappa shape index (κ2) is 7.49. The van der Waals surface area contributed by atoms with Crippen LogP contribution in [0.2, 0.25) is 0 Å². The number of hydrogen-bond acceptors (Lipinski definition) is 5. The molecule has 1 aliphatic rings. The van der Waals surface area contributed by atoms with Gasteiger partial charge in [-0.1, -0.05) is 48.0 Å². The summed E-state index contributed by atoms with van der Waals surface area (Å²) in [6.07, 6.45) is 0. The first-order chi connectivity index (χ1) is 11.6. The summed E-state index contributed by atoms with van der Waals surface area (Å²) in [5.74, 6) is 2.06. The number of benzene rings is 1. The van der Waals surface area contributed by atoms with Gasteiger partial charge in [0.15, 0.2) is 0 Å². The zero-order chi connectivity index (χ0) is 17.1. The molecule has 0 bridgehead atoms. The van der Waals surface area contributed by atoms with Gasteiger partial charge < -0.3 is 15.5 Å². The molecule has 2 N–H and O–H groups in total. The highest BCUT2D eigenvalue weighted by Gasteiger charge is 2.24. The lowest BCUT2D eigenvalue weighted by Gasteiger charge is -2.35. The highest BCUT2D eigenvalue weighted by molar-refractivity contribution is 9.10. The van der Waals surface area contributed by atoms with Crippen molar-refractivity contribution in [1.82, 2.24) is 15.3 Å². The van der Waals surface area contributed by atoms with E-state index >= 15 is 0 Å². The first-order valence-electron chi connectivity index (χ1n) is 8.38. The van der Waals surface area contributed by atoms with Gasteiger partial charge in [-0.25, -0.2) is 4.98 Å². The lowest BCUT2D eigenvalue weighted by molar-refractivity contribution is 0.468. The van der Waals surface area contributed by atoms with Gasteiger partial charge in [0.05, 0.1) is 11.7 Å². The zero-order valence-corrected chi connectivity index (χ0v) is 16.0. The normalized spacial score (nSPS) is 18.0. The van der Waals surface area contributed by atoms with Crippen LogP contribution in [0.25, 0.3) is 0 Å². The highest BCUT2D eigenvalue weighted by Crippen LogP contribution is 2.28. The first-order valence-corrected chi connectivity index (χ1v) is 9.17. The van der Waals surface area contributed by atoms with Crippen LogP contribution in [0.3, 0.4) is 0 Å². The monoisotopic (exact) mass is 389 g/mol. The van der Waals surface area contributed by atoms with Gasteiger partial charge in [-0.15, -0.1) is 0 Å². The third kappa shape index (κ3) is 3.70. The Morgan fingerprint density at radius 2 is 2.08 bits per heavy atom. The van der Waals surface area contributed by atoms with Crippen LogP contribution in [0.1, 0.15) is 37.1 Å². The van der Waals surface area contributed by atoms with Crippen molar-refractivity contribution >= 4 is 27.7 Å². The maximum atomic E-state index is 4.67. The SMILES string of the molecule is CNc1nc(C(C)C)cc(N2CCN[C@H](c3ccccc3Br)C2)n1. The molecule has 1 saturated heterocycles. The Morgan fingerprint density at radius 3 is 2.79 bits per heavy atom. The molecule has 3 rings (SSSR count). The minimum atomic E-state index is 0.282. The van der Waals surface area contributed by atoms with Gasteiger partial charge in [-0.3, -0.25) is 0 Å². The number of piperazine rings is 1.